The highest BCUT2D eigenvalue weighted by Gasteiger charge is 2.32. The lowest BCUT2D eigenvalue weighted by Gasteiger charge is -2.24. The Morgan fingerprint density at radius 2 is 2.07 bits per heavy atom. The Morgan fingerprint density at radius 1 is 1.25 bits per heavy atom. The van der Waals surface area contributed by atoms with Crippen LogP contribution in [0.15, 0.2) is 41.0 Å². The highest BCUT2D eigenvalue weighted by Crippen LogP contribution is 2.41. The number of hydrogen-bond donors (Lipinski definition) is 0. The number of thioether (sulfide) groups is 1. The van der Waals surface area contributed by atoms with E-state index in [-0.39, 0.29) is 17.4 Å². The van der Waals surface area contributed by atoms with E-state index in [4.69, 9.17) is 9.47 Å². The van der Waals surface area contributed by atoms with Crippen LogP contribution in [0.5, 0.6) is 11.6 Å². The fourth-order valence-corrected chi connectivity index (χ4v) is 5.51. The predicted octanol–water partition coefficient (Wildman–Crippen LogP) is 5.06. The van der Waals surface area contributed by atoms with Crippen LogP contribution in [-0.2, 0) is 0 Å². The van der Waals surface area contributed by atoms with Crippen LogP contribution in [0.1, 0.15) is 47.0 Å². The molecular weight excluding hydrogens is 440 g/mol. The summed E-state index contributed by atoms with van der Waals surface area (Å²) in [6.07, 6.45) is 6.52. The van der Waals surface area contributed by atoms with Crippen LogP contribution >= 0.6 is 27.7 Å². The van der Waals surface area contributed by atoms with Gasteiger partial charge in [0, 0.05) is 24.6 Å². The Hall–Kier alpha value is -1.73. The predicted molar refractivity (Wildman–Crippen MR) is 114 cm³/mol. The van der Waals surface area contributed by atoms with Gasteiger partial charge in [-0.15, -0.1) is 11.8 Å². The first-order chi connectivity index (χ1) is 13.7. The SMILES string of the molecule is COc1ccc(C2SCCN2C(=O)c2ccc(OC3CCCC3)nc2)cc1Br. The Balaban J connectivity index is 1.47. The van der Waals surface area contributed by atoms with Crippen molar-refractivity contribution in [2.24, 2.45) is 0 Å². The molecule has 7 heteroatoms. The van der Waals surface area contributed by atoms with E-state index in [1.54, 1.807) is 25.1 Å². The largest absolute Gasteiger partial charge is 0.496 e. The summed E-state index contributed by atoms with van der Waals surface area (Å²) < 4.78 is 12.1. The van der Waals surface area contributed by atoms with E-state index >= 15 is 0 Å². The fourth-order valence-electron chi connectivity index (χ4n) is 3.71. The highest BCUT2D eigenvalue weighted by atomic mass is 79.9. The summed E-state index contributed by atoms with van der Waals surface area (Å²) in [4.78, 5) is 19.4. The Morgan fingerprint density at radius 3 is 2.75 bits per heavy atom. The molecule has 4 rings (SSSR count). The van der Waals surface area contributed by atoms with Gasteiger partial charge >= 0.3 is 0 Å². The first-order valence-corrected chi connectivity index (χ1v) is 11.4. The van der Waals surface area contributed by atoms with Gasteiger partial charge in [-0.25, -0.2) is 4.98 Å². The van der Waals surface area contributed by atoms with Crippen molar-refractivity contribution in [1.29, 1.82) is 0 Å². The number of pyridine rings is 1. The first-order valence-electron chi connectivity index (χ1n) is 9.54. The van der Waals surface area contributed by atoms with E-state index in [2.05, 4.69) is 20.9 Å². The van der Waals surface area contributed by atoms with E-state index in [9.17, 15) is 4.79 Å². The van der Waals surface area contributed by atoms with Gasteiger partial charge in [-0.05, 0) is 65.4 Å². The second-order valence-electron chi connectivity index (χ2n) is 7.03. The maximum absolute atomic E-state index is 13.1. The van der Waals surface area contributed by atoms with Crippen molar-refractivity contribution in [1.82, 2.24) is 9.88 Å². The number of amides is 1. The van der Waals surface area contributed by atoms with Gasteiger partial charge in [0.25, 0.3) is 5.91 Å². The number of halogens is 1. The molecule has 0 bridgehead atoms. The Kier molecular flexibility index (Phi) is 6.11. The van der Waals surface area contributed by atoms with Gasteiger partial charge in [-0.3, -0.25) is 4.79 Å². The zero-order chi connectivity index (χ0) is 19.5. The normalized spacial score (nSPS) is 19.8. The highest BCUT2D eigenvalue weighted by molar-refractivity contribution is 9.10. The molecule has 2 fully saturated rings. The number of carbonyl (C=O) groups excluding carboxylic acids is 1. The lowest BCUT2D eigenvalue weighted by atomic mass is 10.1. The molecule has 0 spiro atoms. The van der Waals surface area contributed by atoms with Gasteiger partial charge < -0.3 is 14.4 Å². The van der Waals surface area contributed by atoms with Crippen molar-refractivity contribution in [3.05, 3.63) is 52.1 Å². The van der Waals surface area contributed by atoms with Gasteiger partial charge in [0.05, 0.1) is 17.1 Å². The zero-order valence-corrected chi connectivity index (χ0v) is 18.2. The van der Waals surface area contributed by atoms with Crippen molar-refractivity contribution in [3.8, 4) is 11.6 Å². The average Bonchev–Trinajstić information content (AvgIpc) is 3.40. The molecule has 1 aromatic heterocycles. The Labute approximate surface area is 177 Å². The molecule has 1 aromatic carbocycles. The minimum Gasteiger partial charge on any atom is -0.496 e. The molecule has 28 heavy (non-hydrogen) atoms. The van der Waals surface area contributed by atoms with Crippen molar-refractivity contribution in [2.45, 2.75) is 37.2 Å². The summed E-state index contributed by atoms with van der Waals surface area (Å²) in [6.45, 7) is 0.720. The number of aromatic nitrogens is 1. The molecule has 148 valence electrons. The summed E-state index contributed by atoms with van der Waals surface area (Å²) in [5.74, 6) is 2.31. The fraction of sp³-hybridized carbons (Fsp3) is 0.429. The van der Waals surface area contributed by atoms with Crippen molar-refractivity contribution >= 4 is 33.6 Å². The topological polar surface area (TPSA) is 51.7 Å². The van der Waals surface area contributed by atoms with E-state index < -0.39 is 0 Å². The van der Waals surface area contributed by atoms with E-state index in [0.29, 0.717) is 11.4 Å². The van der Waals surface area contributed by atoms with E-state index in [1.165, 1.54) is 12.8 Å². The van der Waals surface area contributed by atoms with Crippen LogP contribution in [0.4, 0.5) is 0 Å². The first kappa shape index (κ1) is 19.6. The van der Waals surface area contributed by atoms with Crippen molar-refractivity contribution < 1.29 is 14.3 Å². The van der Waals surface area contributed by atoms with Gasteiger partial charge in [0.2, 0.25) is 5.88 Å². The van der Waals surface area contributed by atoms with Crippen molar-refractivity contribution in [2.75, 3.05) is 19.4 Å². The van der Waals surface area contributed by atoms with Crippen LogP contribution in [0, 0.1) is 0 Å². The third-order valence-corrected chi connectivity index (χ3v) is 7.07. The summed E-state index contributed by atoms with van der Waals surface area (Å²) in [6, 6.07) is 9.61. The van der Waals surface area contributed by atoms with Gasteiger partial charge in [-0.1, -0.05) is 6.07 Å². The maximum Gasteiger partial charge on any atom is 0.256 e. The molecule has 1 saturated carbocycles. The molecule has 2 aliphatic rings. The standard InChI is InChI=1S/C21H23BrN2O3S/c1-26-18-8-6-14(12-17(18)22)21-24(10-11-28-21)20(25)15-7-9-19(23-13-15)27-16-4-2-3-5-16/h6-9,12-13,16,21H,2-5,10-11H2,1H3. The number of benzene rings is 1. The van der Waals surface area contributed by atoms with Gasteiger partial charge in [0.15, 0.2) is 0 Å². The van der Waals surface area contributed by atoms with Crippen LogP contribution in [0.2, 0.25) is 0 Å². The summed E-state index contributed by atoms with van der Waals surface area (Å²) >= 11 is 5.31. The third kappa shape index (κ3) is 4.15. The molecule has 1 aliphatic carbocycles. The molecule has 5 nitrogen and oxygen atoms in total. The molecule has 1 unspecified atom stereocenters. The molecule has 0 N–H and O–H groups in total. The minimum absolute atomic E-state index is 0.00172. The second-order valence-corrected chi connectivity index (χ2v) is 9.07. The number of nitrogens with zero attached hydrogens (tertiary/aromatic N) is 2. The van der Waals surface area contributed by atoms with Gasteiger partial charge in [-0.2, -0.15) is 0 Å². The molecular formula is C21H23BrN2O3S. The third-order valence-electron chi connectivity index (χ3n) is 5.19. The second kappa shape index (κ2) is 8.74. The molecule has 0 radical (unpaired) electrons. The molecule has 2 aromatic rings. The lowest BCUT2D eigenvalue weighted by Crippen LogP contribution is -2.30. The summed E-state index contributed by atoms with van der Waals surface area (Å²) in [5, 5.41) is -0.0101. The van der Waals surface area contributed by atoms with Crippen LogP contribution in [-0.4, -0.2) is 41.3 Å². The van der Waals surface area contributed by atoms with Crippen LogP contribution in [0.3, 0.4) is 0 Å². The smallest absolute Gasteiger partial charge is 0.256 e. The van der Waals surface area contributed by atoms with Crippen LogP contribution < -0.4 is 9.47 Å². The monoisotopic (exact) mass is 462 g/mol. The number of carbonyl (C=O) groups is 1. The molecule has 2 heterocycles. The average molecular weight is 463 g/mol. The maximum atomic E-state index is 13.1. The lowest BCUT2D eigenvalue weighted by molar-refractivity contribution is 0.0759. The van der Waals surface area contributed by atoms with E-state index in [0.717, 1.165) is 40.9 Å². The number of hydrogen-bond acceptors (Lipinski definition) is 5. The summed E-state index contributed by atoms with van der Waals surface area (Å²) in [7, 11) is 1.65. The summed E-state index contributed by atoms with van der Waals surface area (Å²) in [5.41, 5.74) is 1.68. The molecule has 1 saturated heterocycles. The van der Waals surface area contributed by atoms with E-state index in [1.807, 2.05) is 35.2 Å². The van der Waals surface area contributed by atoms with Crippen LogP contribution in [0.25, 0.3) is 0 Å². The minimum atomic E-state index is -0.0101. The molecule has 1 atom stereocenters. The number of rotatable bonds is 5. The Bertz CT molecular complexity index is 840. The molecule has 1 aliphatic heterocycles. The quantitative estimate of drug-likeness (QED) is 0.621. The van der Waals surface area contributed by atoms with Gasteiger partial charge in [0.1, 0.15) is 17.2 Å². The zero-order valence-electron chi connectivity index (χ0n) is 15.8. The number of ether oxygens (including phenoxy) is 2. The molecule has 1 amide bonds. The number of methoxy groups -OCH3 is 1. The van der Waals surface area contributed by atoms with Crippen molar-refractivity contribution in [3.63, 3.8) is 0 Å².